The average molecular weight is 429 g/mol. The van der Waals surface area contributed by atoms with Gasteiger partial charge in [-0.1, -0.05) is 44.7 Å². The highest BCUT2D eigenvalue weighted by atomic mass is 32.2. The van der Waals surface area contributed by atoms with Crippen molar-refractivity contribution in [2.24, 2.45) is 7.05 Å². The van der Waals surface area contributed by atoms with E-state index in [1.165, 1.54) is 41.6 Å². The number of benzene rings is 2. The third-order valence-electron chi connectivity index (χ3n) is 4.47. The van der Waals surface area contributed by atoms with E-state index in [1.54, 1.807) is 4.57 Å². The molecule has 2 aromatic carbocycles. The van der Waals surface area contributed by atoms with E-state index in [-0.39, 0.29) is 29.5 Å². The van der Waals surface area contributed by atoms with Gasteiger partial charge in [0, 0.05) is 12.7 Å². The average Bonchev–Trinajstić information content (AvgIpc) is 3.06. The summed E-state index contributed by atoms with van der Waals surface area (Å²) in [6.45, 7) is 6.78. The Morgan fingerprint density at radius 3 is 2.40 bits per heavy atom. The summed E-state index contributed by atoms with van der Waals surface area (Å²) in [5.41, 5.74) is 1.88. The minimum atomic E-state index is -0.346. The highest BCUT2D eigenvalue weighted by Gasteiger charge is 2.14. The van der Waals surface area contributed by atoms with Gasteiger partial charge in [0.05, 0.1) is 5.75 Å². The van der Waals surface area contributed by atoms with Crippen LogP contribution in [0.3, 0.4) is 0 Å². The van der Waals surface area contributed by atoms with Gasteiger partial charge in [-0.15, -0.1) is 10.2 Å². The Labute approximate surface area is 179 Å². The van der Waals surface area contributed by atoms with Gasteiger partial charge < -0.3 is 14.6 Å². The molecular formula is C22H25FN4O2S. The van der Waals surface area contributed by atoms with Crippen LogP contribution in [0.5, 0.6) is 5.75 Å². The third kappa shape index (κ3) is 5.82. The van der Waals surface area contributed by atoms with Crippen molar-refractivity contribution in [2.45, 2.75) is 37.9 Å². The van der Waals surface area contributed by atoms with Crippen LogP contribution in [0, 0.1) is 5.82 Å². The maximum Gasteiger partial charge on any atom is 0.234 e. The van der Waals surface area contributed by atoms with Crippen molar-refractivity contribution >= 4 is 23.4 Å². The van der Waals surface area contributed by atoms with E-state index < -0.39 is 0 Å². The molecule has 0 aliphatic rings. The molecular weight excluding hydrogens is 403 g/mol. The van der Waals surface area contributed by atoms with E-state index in [9.17, 15) is 9.18 Å². The smallest absolute Gasteiger partial charge is 0.234 e. The Hall–Kier alpha value is -2.87. The number of carbonyl (C=O) groups is 1. The second kappa shape index (κ2) is 9.30. The molecule has 30 heavy (non-hydrogen) atoms. The molecule has 0 radical (unpaired) electrons. The van der Waals surface area contributed by atoms with Crippen LogP contribution in [0.15, 0.2) is 53.7 Å². The number of nitrogens with zero attached hydrogens (tertiary/aromatic N) is 3. The fraction of sp³-hybridized carbons (Fsp3) is 0.318. The standard InChI is InChI=1S/C22H25FN4O2S/c1-22(2,3)15-5-11-18(12-6-15)29-13-19-25-26-21(27(19)4)30-14-20(28)24-17-9-7-16(23)8-10-17/h5-12H,13-14H2,1-4H3,(H,24,28). The van der Waals surface area contributed by atoms with E-state index in [1.807, 2.05) is 19.2 Å². The predicted molar refractivity (Wildman–Crippen MR) is 116 cm³/mol. The van der Waals surface area contributed by atoms with Crippen molar-refractivity contribution in [1.82, 2.24) is 14.8 Å². The number of hydrogen-bond acceptors (Lipinski definition) is 5. The summed E-state index contributed by atoms with van der Waals surface area (Å²) in [5, 5.41) is 11.6. The lowest BCUT2D eigenvalue weighted by Crippen LogP contribution is -2.14. The molecule has 8 heteroatoms. The molecule has 1 N–H and O–H groups in total. The Bertz CT molecular complexity index is 995. The Kier molecular flexibility index (Phi) is 6.77. The van der Waals surface area contributed by atoms with E-state index in [0.717, 1.165) is 5.75 Å². The van der Waals surface area contributed by atoms with Gasteiger partial charge in [0.25, 0.3) is 0 Å². The predicted octanol–water partition coefficient (Wildman–Crippen LogP) is 4.56. The first-order valence-electron chi connectivity index (χ1n) is 9.52. The molecule has 3 rings (SSSR count). The van der Waals surface area contributed by atoms with Crippen molar-refractivity contribution in [2.75, 3.05) is 11.1 Å². The zero-order valence-electron chi connectivity index (χ0n) is 17.5. The number of nitrogens with one attached hydrogen (secondary N) is 1. The summed E-state index contributed by atoms with van der Waals surface area (Å²) in [6, 6.07) is 13.7. The van der Waals surface area contributed by atoms with Crippen molar-refractivity contribution in [3.63, 3.8) is 0 Å². The van der Waals surface area contributed by atoms with Crippen molar-refractivity contribution in [3.8, 4) is 5.75 Å². The Morgan fingerprint density at radius 2 is 1.77 bits per heavy atom. The zero-order valence-corrected chi connectivity index (χ0v) is 18.3. The lowest BCUT2D eigenvalue weighted by atomic mass is 9.87. The van der Waals surface area contributed by atoms with Gasteiger partial charge in [0.1, 0.15) is 18.2 Å². The number of carbonyl (C=O) groups excluding carboxylic acids is 1. The largest absolute Gasteiger partial charge is 0.486 e. The van der Waals surface area contributed by atoms with Gasteiger partial charge in [0.15, 0.2) is 11.0 Å². The Morgan fingerprint density at radius 1 is 1.10 bits per heavy atom. The fourth-order valence-electron chi connectivity index (χ4n) is 2.66. The van der Waals surface area contributed by atoms with Crippen molar-refractivity contribution in [3.05, 3.63) is 65.7 Å². The number of rotatable bonds is 7. The van der Waals surface area contributed by atoms with Crippen LogP contribution in [0.2, 0.25) is 0 Å². The summed E-state index contributed by atoms with van der Waals surface area (Å²) in [6.07, 6.45) is 0. The maximum absolute atomic E-state index is 12.9. The van der Waals surface area contributed by atoms with Crippen LogP contribution in [-0.2, 0) is 23.9 Å². The van der Waals surface area contributed by atoms with Crippen LogP contribution in [0.4, 0.5) is 10.1 Å². The molecule has 0 bridgehead atoms. The van der Waals surface area contributed by atoms with E-state index in [4.69, 9.17) is 4.74 Å². The number of hydrogen-bond donors (Lipinski definition) is 1. The molecule has 0 saturated heterocycles. The number of amides is 1. The SMILES string of the molecule is Cn1c(COc2ccc(C(C)(C)C)cc2)nnc1SCC(=O)Nc1ccc(F)cc1. The number of thioether (sulfide) groups is 1. The van der Waals surface area contributed by atoms with E-state index >= 15 is 0 Å². The fourth-order valence-corrected chi connectivity index (χ4v) is 3.39. The van der Waals surface area contributed by atoms with Gasteiger partial charge in [0.2, 0.25) is 5.91 Å². The maximum atomic E-state index is 12.9. The van der Waals surface area contributed by atoms with Crippen molar-refractivity contribution < 1.29 is 13.9 Å². The molecule has 0 atom stereocenters. The summed E-state index contributed by atoms with van der Waals surface area (Å²) in [5.74, 6) is 1.04. The second-order valence-corrected chi connectivity index (χ2v) is 8.81. The highest BCUT2D eigenvalue weighted by molar-refractivity contribution is 7.99. The topological polar surface area (TPSA) is 69.0 Å². The molecule has 1 aromatic heterocycles. The van der Waals surface area contributed by atoms with Crippen LogP contribution >= 0.6 is 11.8 Å². The van der Waals surface area contributed by atoms with Crippen LogP contribution in [0.25, 0.3) is 0 Å². The molecule has 0 aliphatic carbocycles. The number of anilines is 1. The third-order valence-corrected chi connectivity index (χ3v) is 5.49. The molecule has 0 spiro atoms. The summed E-state index contributed by atoms with van der Waals surface area (Å²) >= 11 is 1.27. The molecule has 6 nitrogen and oxygen atoms in total. The summed E-state index contributed by atoms with van der Waals surface area (Å²) in [7, 11) is 1.83. The van der Waals surface area contributed by atoms with Gasteiger partial charge in [-0.2, -0.15) is 0 Å². The highest BCUT2D eigenvalue weighted by Crippen LogP contribution is 2.25. The molecule has 0 aliphatic heterocycles. The lowest BCUT2D eigenvalue weighted by molar-refractivity contribution is -0.113. The molecule has 0 unspecified atom stereocenters. The normalized spacial score (nSPS) is 11.4. The number of aromatic nitrogens is 3. The first kappa shape index (κ1) is 21.8. The summed E-state index contributed by atoms with van der Waals surface area (Å²) < 4.78 is 20.6. The van der Waals surface area contributed by atoms with Gasteiger partial charge >= 0.3 is 0 Å². The van der Waals surface area contributed by atoms with Crippen molar-refractivity contribution in [1.29, 1.82) is 0 Å². The molecule has 1 amide bonds. The Balaban J connectivity index is 1.51. The van der Waals surface area contributed by atoms with E-state index in [0.29, 0.717) is 16.7 Å². The molecule has 0 fully saturated rings. The lowest BCUT2D eigenvalue weighted by Gasteiger charge is -2.19. The summed E-state index contributed by atoms with van der Waals surface area (Å²) in [4.78, 5) is 12.1. The molecule has 3 aromatic rings. The quantitative estimate of drug-likeness (QED) is 0.559. The minimum Gasteiger partial charge on any atom is -0.486 e. The van der Waals surface area contributed by atoms with Gasteiger partial charge in [-0.05, 0) is 47.4 Å². The second-order valence-electron chi connectivity index (χ2n) is 7.86. The molecule has 158 valence electrons. The van der Waals surface area contributed by atoms with Crippen LogP contribution in [-0.4, -0.2) is 26.4 Å². The number of ether oxygens (including phenoxy) is 1. The first-order valence-corrected chi connectivity index (χ1v) is 10.5. The molecule has 0 saturated carbocycles. The van der Waals surface area contributed by atoms with Gasteiger partial charge in [-0.3, -0.25) is 4.79 Å². The van der Waals surface area contributed by atoms with Crippen LogP contribution in [0.1, 0.15) is 32.2 Å². The minimum absolute atomic E-state index is 0.0945. The van der Waals surface area contributed by atoms with Gasteiger partial charge in [-0.25, -0.2) is 4.39 Å². The van der Waals surface area contributed by atoms with E-state index in [2.05, 4.69) is 48.4 Å². The number of halogens is 1. The molecule has 1 heterocycles. The first-order chi connectivity index (χ1) is 14.2. The van der Waals surface area contributed by atoms with Crippen LogP contribution < -0.4 is 10.1 Å². The zero-order chi connectivity index (χ0) is 21.7. The monoisotopic (exact) mass is 428 g/mol.